The SMILES string of the molecule is CC.Cc1cnc(/C=C\C(=N)c2cc(F)c3nc(C4=CCN(C(=O)OC(C)(C)C)CC4)sc3c2)[nH]1. The molecule has 0 saturated heterocycles. The van der Waals surface area contributed by atoms with Crippen LogP contribution in [0.1, 0.15) is 63.1 Å². The highest BCUT2D eigenvalue weighted by Gasteiger charge is 2.25. The minimum Gasteiger partial charge on any atom is -0.444 e. The van der Waals surface area contributed by atoms with Crippen LogP contribution in [-0.4, -0.2) is 50.3 Å². The summed E-state index contributed by atoms with van der Waals surface area (Å²) in [6, 6.07) is 3.13. The number of ether oxygens (including phenoxy) is 1. The Morgan fingerprint density at radius 3 is 2.66 bits per heavy atom. The first-order valence-electron chi connectivity index (χ1n) is 11.6. The van der Waals surface area contributed by atoms with Gasteiger partial charge in [0.2, 0.25) is 0 Å². The summed E-state index contributed by atoms with van der Waals surface area (Å²) in [4.78, 5) is 25.7. The quantitative estimate of drug-likeness (QED) is 0.397. The molecule has 1 amide bonds. The molecule has 0 radical (unpaired) electrons. The number of thiazole rings is 1. The van der Waals surface area contributed by atoms with Crippen LogP contribution in [0.2, 0.25) is 0 Å². The van der Waals surface area contributed by atoms with Gasteiger partial charge in [-0.2, -0.15) is 0 Å². The van der Waals surface area contributed by atoms with Crippen LogP contribution in [0.4, 0.5) is 9.18 Å². The normalized spacial score (nSPS) is 14.0. The number of nitrogens with one attached hydrogen (secondary N) is 2. The van der Waals surface area contributed by atoms with Crippen molar-refractivity contribution in [3.63, 3.8) is 0 Å². The monoisotopic (exact) mass is 497 g/mol. The first-order chi connectivity index (χ1) is 16.6. The fraction of sp³-hybridized carbons (Fsp3) is 0.385. The van der Waals surface area contributed by atoms with Crippen LogP contribution in [0.15, 0.2) is 30.5 Å². The Hall–Kier alpha value is -3.33. The van der Waals surface area contributed by atoms with Crippen molar-refractivity contribution < 1.29 is 13.9 Å². The molecule has 0 fully saturated rings. The first kappa shape index (κ1) is 26.3. The van der Waals surface area contributed by atoms with E-state index in [0.717, 1.165) is 16.3 Å². The van der Waals surface area contributed by atoms with Crippen molar-refractivity contribution >= 4 is 45.0 Å². The van der Waals surface area contributed by atoms with Gasteiger partial charge in [-0.1, -0.05) is 19.9 Å². The minimum absolute atomic E-state index is 0.185. The number of aryl methyl sites for hydroxylation is 1. The van der Waals surface area contributed by atoms with Crippen LogP contribution in [-0.2, 0) is 4.74 Å². The molecule has 35 heavy (non-hydrogen) atoms. The third kappa shape index (κ3) is 6.63. The second-order valence-electron chi connectivity index (χ2n) is 8.93. The van der Waals surface area contributed by atoms with Gasteiger partial charge in [-0.05, 0) is 64.0 Å². The van der Waals surface area contributed by atoms with E-state index < -0.39 is 11.4 Å². The number of aromatic nitrogens is 3. The number of rotatable bonds is 4. The summed E-state index contributed by atoms with van der Waals surface area (Å²) in [5.74, 6) is 0.187. The Bertz CT molecular complexity index is 1280. The number of imidazole rings is 1. The van der Waals surface area contributed by atoms with Gasteiger partial charge in [0.15, 0.2) is 5.82 Å². The van der Waals surface area contributed by atoms with Crippen LogP contribution in [0, 0.1) is 18.2 Å². The molecular weight excluding hydrogens is 465 g/mol. The van der Waals surface area contributed by atoms with E-state index in [1.54, 1.807) is 29.3 Å². The Kier molecular flexibility index (Phi) is 8.22. The zero-order valence-electron chi connectivity index (χ0n) is 21.0. The summed E-state index contributed by atoms with van der Waals surface area (Å²) < 4.78 is 20.9. The van der Waals surface area contributed by atoms with E-state index in [1.165, 1.54) is 17.4 Å². The van der Waals surface area contributed by atoms with E-state index in [4.69, 9.17) is 10.1 Å². The number of allylic oxidation sites excluding steroid dienone is 1. The number of H-pyrrole nitrogens is 1. The standard InChI is InChI=1S/C24H26FN5O2S.C2H6/c1-14-13-27-20(28-14)6-5-18(26)16-11-17(25)21-19(12-16)33-22(29-21)15-7-9-30(10-8-15)23(31)32-24(2,3)4;1-2/h5-7,11-13,26H,8-10H2,1-4H3,(H,27,28);1-2H3/b6-5-,26-18?;. The van der Waals surface area contributed by atoms with E-state index in [2.05, 4.69) is 15.0 Å². The van der Waals surface area contributed by atoms with Crippen molar-refractivity contribution in [2.45, 2.75) is 53.6 Å². The maximum Gasteiger partial charge on any atom is 0.410 e. The molecule has 4 rings (SSSR count). The Morgan fingerprint density at radius 1 is 1.31 bits per heavy atom. The van der Waals surface area contributed by atoms with E-state index in [9.17, 15) is 9.18 Å². The first-order valence-corrected chi connectivity index (χ1v) is 12.5. The van der Waals surface area contributed by atoms with Gasteiger partial charge >= 0.3 is 6.09 Å². The van der Waals surface area contributed by atoms with Crippen molar-refractivity contribution in [2.75, 3.05) is 13.1 Å². The Labute approximate surface area is 209 Å². The molecule has 0 aliphatic carbocycles. The molecule has 9 heteroatoms. The summed E-state index contributed by atoms with van der Waals surface area (Å²) in [6.07, 6.45) is 7.22. The van der Waals surface area contributed by atoms with Crippen LogP contribution >= 0.6 is 11.3 Å². The molecule has 186 valence electrons. The van der Waals surface area contributed by atoms with Gasteiger partial charge in [0.05, 0.1) is 10.4 Å². The largest absolute Gasteiger partial charge is 0.444 e. The lowest BCUT2D eigenvalue weighted by Crippen LogP contribution is -2.39. The molecule has 1 aliphatic rings. The lowest BCUT2D eigenvalue weighted by molar-refractivity contribution is 0.0270. The van der Waals surface area contributed by atoms with Gasteiger partial charge in [-0.3, -0.25) is 0 Å². The number of hydrogen-bond donors (Lipinski definition) is 2. The molecule has 0 unspecified atom stereocenters. The van der Waals surface area contributed by atoms with Gasteiger partial charge in [0, 0.05) is 30.5 Å². The Balaban J connectivity index is 0.00000167. The van der Waals surface area contributed by atoms with E-state index >= 15 is 0 Å². The summed E-state index contributed by atoms with van der Waals surface area (Å²) >= 11 is 1.39. The van der Waals surface area contributed by atoms with Crippen LogP contribution < -0.4 is 0 Å². The molecule has 2 aromatic heterocycles. The highest BCUT2D eigenvalue weighted by molar-refractivity contribution is 7.19. The van der Waals surface area contributed by atoms with Crippen molar-refractivity contribution in [1.82, 2.24) is 19.9 Å². The van der Waals surface area contributed by atoms with Crippen molar-refractivity contribution in [1.29, 1.82) is 5.41 Å². The highest BCUT2D eigenvalue weighted by Crippen LogP contribution is 2.33. The number of aromatic amines is 1. The highest BCUT2D eigenvalue weighted by atomic mass is 32.1. The third-order valence-electron chi connectivity index (χ3n) is 5.03. The number of amides is 1. The van der Waals surface area contributed by atoms with E-state index in [-0.39, 0.29) is 11.8 Å². The minimum atomic E-state index is -0.539. The molecule has 0 bridgehead atoms. The number of carbonyl (C=O) groups excluding carboxylic acids is 1. The van der Waals surface area contributed by atoms with Crippen molar-refractivity contribution in [2.24, 2.45) is 0 Å². The lowest BCUT2D eigenvalue weighted by Gasteiger charge is -2.29. The summed E-state index contributed by atoms with van der Waals surface area (Å²) in [5, 5.41) is 9.05. The van der Waals surface area contributed by atoms with Crippen LogP contribution in [0.25, 0.3) is 21.9 Å². The fourth-order valence-corrected chi connectivity index (χ4v) is 4.50. The maximum absolute atomic E-state index is 14.8. The smallest absolute Gasteiger partial charge is 0.410 e. The maximum atomic E-state index is 14.8. The molecule has 3 heterocycles. The predicted octanol–water partition coefficient (Wildman–Crippen LogP) is 6.60. The zero-order valence-corrected chi connectivity index (χ0v) is 21.8. The molecule has 0 atom stereocenters. The summed E-state index contributed by atoms with van der Waals surface area (Å²) in [6.45, 7) is 12.4. The number of halogens is 1. The van der Waals surface area contributed by atoms with Gasteiger partial charge in [-0.15, -0.1) is 11.3 Å². The number of hydrogen-bond acceptors (Lipinski definition) is 6. The van der Waals surface area contributed by atoms with Gasteiger partial charge in [-0.25, -0.2) is 19.2 Å². The molecule has 1 aliphatic heterocycles. The second-order valence-corrected chi connectivity index (χ2v) is 9.96. The molecule has 0 saturated carbocycles. The Morgan fingerprint density at radius 2 is 2.06 bits per heavy atom. The van der Waals surface area contributed by atoms with Crippen molar-refractivity contribution in [3.8, 4) is 0 Å². The van der Waals surface area contributed by atoms with Crippen LogP contribution in [0.3, 0.4) is 0 Å². The van der Waals surface area contributed by atoms with Crippen molar-refractivity contribution in [3.05, 3.63) is 58.4 Å². The molecule has 3 aromatic rings. The molecule has 1 aromatic carbocycles. The number of nitrogens with zero attached hydrogens (tertiary/aromatic N) is 3. The number of benzene rings is 1. The van der Waals surface area contributed by atoms with Crippen LogP contribution in [0.5, 0.6) is 0 Å². The molecule has 7 nitrogen and oxygen atoms in total. The molecule has 2 N–H and O–H groups in total. The predicted molar refractivity (Wildman–Crippen MR) is 141 cm³/mol. The number of fused-ring (bicyclic) bond motifs is 1. The lowest BCUT2D eigenvalue weighted by atomic mass is 10.1. The molecule has 0 spiro atoms. The van der Waals surface area contributed by atoms with Gasteiger partial charge < -0.3 is 20.0 Å². The molecular formula is C26H32FN5O2S. The third-order valence-corrected chi connectivity index (χ3v) is 6.10. The summed E-state index contributed by atoms with van der Waals surface area (Å²) in [5.41, 5.74) is 2.33. The van der Waals surface area contributed by atoms with E-state index in [1.807, 2.05) is 47.6 Å². The second kappa shape index (κ2) is 10.9. The fourth-order valence-electron chi connectivity index (χ4n) is 3.41. The zero-order chi connectivity index (χ0) is 25.8. The summed E-state index contributed by atoms with van der Waals surface area (Å²) in [7, 11) is 0. The number of carbonyl (C=O) groups is 1. The average Bonchev–Trinajstić information content (AvgIpc) is 3.44. The topological polar surface area (TPSA) is 95.0 Å². The van der Waals surface area contributed by atoms with Gasteiger partial charge in [0.1, 0.15) is 21.9 Å². The average molecular weight is 498 g/mol. The van der Waals surface area contributed by atoms with E-state index in [0.29, 0.717) is 41.1 Å². The van der Waals surface area contributed by atoms with Gasteiger partial charge in [0.25, 0.3) is 0 Å².